The first-order valence-corrected chi connectivity index (χ1v) is 9.03. The van der Waals surface area contributed by atoms with Crippen molar-refractivity contribution in [1.29, 1.82) is 0 Å². The number of fused-ring (bicyclic) bond motifs is 1. The van der Waals surface area contributed by atoms with E-state index < -0.39 is 36.5 Å². The van der Waals surface area contributed by atoms with Crippen LogP contribution in [-0.2, 0) is 9.47 Å². The number of aliphatic hydroxyl groups excluding tert-OH is 3. The Bertz CT molecular complexity index is 988. The fraction of sp³-hybridized carbons (Fsp3) is 0.300. The van der Waals surface area contributed by atoms with Gasteiger partial charge in [0.1, 0.15) is 41.3 Å². The van der Waals surface area contributed by atoms with Gasteiger partial charge in [-0.25, -0.2) is 0 Å². The number of hydrogen-bond donors (Lipinski definition) is 7. The number of rotatable bonds is 3. The summed E-state index contributed by atoms with van der Waals surface area (Å²) < 4.78 is 16.8. The molecule has 0 bridgehead atoms. The molecule has 2 aliphatic heterocycles. The number of aliphatic hydroxyl groups is 3. The van der Waals surface area contributed by atoms with Crippen LogP contribution in [-0.4, -0.2) is 67.0 Å². The summed E-state index contributed by atoms with van der Waals surface area (Å²) in [6, 6.07) is 6.33. The van der Waals surface area contributed by atoms with Gasteiger partial charge >= 0.3 is 0 Å². The molecule has 0 saturated carbocycles. The van der Waals surface area contributed by atoms with Gasteiger partial charge in [0.15, 0.2) is 17.6 Å². The van der Waals surface area contributed by atoms with Gasteiger partial charge in [-0.3, -0.25) is 0 Å². The van der Waals surface area contributed by atoms with Gasteiger partial charge in [0.05, 0.1) is 12.2 Å². The molecule has 2 heterocycles. The molecule has 1 fully saturated rings. The number of phenols is 4. The van der Waals surface area contributed by atoms with E-state index in [4.69, 9.17) is 14.2 Å². The average Bonchev–Trinajstić information content (AvgIpc) is 2.70. The molecular weight excluding hydrogens is 400 g/mol. The molecule has 2 aromatic carbocycles. The predicted molar refractivity (Wildman–Crippen MR) is 99.7 cm³/mol. The molecule has 0 aromatic heterocycles. The number of benzene rings is 2. The summed E-state index contributed by atoms with van der Waals surface area (Å²) in [6.07, 6.45) is -5.33. The first-order chi connectivity index (χ1) is 14.2. The number of phenolic OH excluding ortho intramolecular Hbond substituents is 4. The van der Waals surface area contributed by atoms with Gasteiger partial charge in [-0.2, -0.15) is 0 Å². The second-order valence-electron chi connectivity index (χ2n) is 7.04. The van der Waals surface area contributed by atoms with E-state index in [1.165, 1.54) is 30.3 Å². The lowest BCUT2D eigenvalue weighted by Gasteiger charge is -2.37. The Morgan fingerprint density at radius 3 is 2.37 bits per heavy atom. The molecule has 0 radical (unpaired) electrons. The van der Waals surface area contributed by atoms with Crippen LogP contribution in [0.1, 0.15) is 17.2 Å². The van der Waals surface area contributed by atoms with Crippen molar-refractivity contribution in [2.45, 2.75) is 30.7 Å². The van der Waals surface area contributed by atoms with Crippen LogP contribution in [0.25, 0.3) is 6.08 Å². The van der Waals surface area contributed by atoms with Gasteiger partial charge in [-0.05, 0) is 18.2 Å². The molecule has 10 heteroatoms. The second kappa shape index (κ2) is 7.58. The van der Waals surface area contributed by atoms with Crippen molar-refractivity contribution < 1.29 is 50.0 Å². The Labute approximate surface area is 170 Å². The Kier molecular flexibility index (Phi) is 5.08. The Hall–Kier alpha value is -3.18. The molecule has 0 aliphatic carbocycles. The van der Waals surface area contributed by atoms with Gasteiger partial charge in [-0.15, -0.1) is 0 Å². The van der Waals surface area contributed by atoms with Gasteiger partial charge in [0.2, 0.25) is 6.29 Å². The van der Waals surface area contributed by atoms with Crippen LogP contribution < -0.4 is 4.74 Å². The lowest BCUT2D eigenvalue weighted by molar-refractivity contribution is -0.261. The number of hydrogen-bond acceptors (Lipinski definition) is 10. The Balaban J connectivity index is 1.73. The van der Waals surface area contributed by atoms with Crippen LogP contribution in [0.4, 0.5) is 0 Å². The quantitative estimate of drug-likeness (QED) is 0.346. The van der Waals surface area contributed by atoms with E-state index in [1.54, 1.807) is 0 Å². The SMILES string of the molecule is Oc1cc(O)c2c(c1)OC(c1ccc(O)c(O)c1)C(O[C@H]1OC[C@H](O)[C@@H](O)[C@H]1O)=C2. The molecule has 4 rings (SSSR count). The molecule has 160 valence electrons. The van der Waals surface area contributed by atoms with E-state index in [9.17, 15) is 35.7 Å². The highest BCUT2D eigenvalue weighted by atomic mass is 16.7. The normalized spacial score (nSPS) is 28.2. The highest BCUT2D eigenvalue weighted by Gasteiger charge is 2.41. The van der Waals surface area contributed by atoms with Crippen molar-refractivity contribution in [2.75, 3.05) is 6.61 Å². The van der Waals surface area contributed by atoms with Crippen LogP contribution in [0.15, 0.2) is 36.1 Å². The average molecular weight is 420 g/mol. The Morgan fingerprint density at radius 2 is 1.63 bits per heavy atom. The summed E-state index contributed by atoms with van der Waals surface area (Å²) >= 11 is 0. The standard InChI is InChI=1S/C20H20O10/c21-9-4-12(23)10-6-16(30-20-18(27)17(26)14(25)7-28-20)19(29-15(10)5-9)8-1-2-11(22)13(24)3-8/h1-6,14,17-27H,7H2/t14-,17+,18+,19?,20+/m0/s1. The largest absolute Gasteiger partial charge is 0.508 e. The lowest BCUT2D eigenvalue weighted by atomic mass is 10.0. The fourth-order valence-corrected chi connectivity index (χ4v) is 3.29. The van der Waals surface area contributed by atoms with Crippen molar-refractivity contribution >= 4 is 6.08 Å². The fourth-order valence-electron chi connectivity index (χ4n) is 3.29. The van der Waals surface area contributed by atoms with Crippen molar-refractivity contribution in [3.63, 3.8) is 0 Å². The number of ether oxygens (including phenoxy) is 3. The molecule has 2 aromatic rings. The zero-order valence-corrected chi connectivity index (χ0v) is 15.4. The molecule has 2 aliphatic rings. The van der Waals surface area contributed by atoms with E-state index >= 15 is 0 Å². The molecule has 1 saturated heterocycles. The van der Waals surface area contributed by atoms with Crippen molar-refractivity contribution in [1.82, 2.24) is 0 Å². The maximum Gasteiger partial charge on any atom is 0.228 e. The minimum atomic E-state index is -1.57. The molecule has 10 nitrogen and oxygen atoms in total. The maximum absolute atomic E-state index is 10.2. The first kappa shape index (κ1) is 20.1. The van der Waals surface area contributed by atoms with Crippen LogP contribution in [0, 0.1) is 0 Å². The summed E-state index contributed by atoms with van der Waals surface area (Å²) in [5, 5.41) is 69.0. The number of aromatic hydroxyl groups is 4. The Morgan fingerprint density at radius 1 is 0.867 bits per heavy atom. The zero-order valence-electron chi connectivity index (χ0n) is 15.4. The molecular formula is C20H20O10. The molecule has 7 N–H and O–H groups in total. The van der Waals surface area contributed by atoms with Crippen LogP contribution in [0.3, 0.4) is 0 Å². The zero-order chi connectivity index (χ0) is 21.6. The molecule has 30 heavy (non-hydrogen) atoms. The van der Waals surface area contributed by atoms with Gasteiger partial charge in [0, 0.05) is 17.7 Å². The van der Waals surface area contributed by atoms with E-state index in [0.29, 0.717) is 5.56 Å². The van der Waals surface area contributed by atoms with Crippen molar-refractivity contribution in [3.8, 4) is 28.7 Å². The lowest BCUT2D eigenvalue weighted by Crippen LogP contribution is -2.53. The summed E-state index contributed by atoms with van der Waals surface area (Å²) in [4.78, 5) is 0. The van der Waals surface area contributed by atoms with Gasteiger partial charge in [-0.1, -0.05) is 6.07 Å². The van der Waals surface area contributed by atoms with E-state index in [1.807, 2.05) is 0 Å². The first-order valence-electron chi connectivity index (χ1n) is 9.03. The predicted octanol–water partition coefficient (Wildman–Crippen LogP) is 0.439. The van der Waals surface area contributed by atoms with Gasteiger partial charge in [0.25, 0.3) is 0 Å². The van der Waals surface area contributed by atoms with Crippen molar-refractivity contribution in [3.05, 3.63) is 47.2 Å². The summed E-state index contributed by atoms with van der Waals surface area (Å²) in [5.74, 6) is -1.12. The van der Waals surface area contributed by atoms with E-state index in [-0.39, 0.29) is 40.9 Å². The topological polar surface area (TPSA) is 169 Å². The van der Waals surface area contributed by atoms with Gasteiger partial charge < -0.3 is 50.0 Å². The van der Waals surface area contributed by atoms with E-state index in [0.717, 1.165) is 6.07 Å². The summed E-state index contributed by atoms with van der Waals surface area (Å²) in [6.45, 7) is -0.280. The molecule has 0 amide bonds. The minimum absolute atomic E-state index is 0.0428. The smallest absolute Gasteiger partial charge is 0.228 e. The third-order valence-corrected chi connectivity index (χ3v) is 4.90. The highest BCUT2D eigenvalue weighted by Crippen LogP contribution is 2.45. The second-order valence-corrected chi connectivity index (χ2v) is 7.04. The molecule has 0 spiro atoms. The maximum atomic E-state index is 10.2. The van der Waals surface area contributed by atoms with Crippen molar-refractivity contribution in [2.24, 2.45) is 0 Å². The summed E-state index contributed by atoms with van der Waals surface area (Å²) in [7, 11) is 0. The van der Waals surface area contributed by atoms with E-state index in [2.05, 4.69) is 0 Å². The van der Waals surface area contributed by atoms with Crippen LogP contribution in [0.2, 0.25) is 0 Å². The third kappa shape index (κ3) is 3.57. The minimum Gasteiger partial charge on any atom is -0.508 e. The van der Waals surface area contributed by atoms with Crippen LogP contribution >= 0.6 is 0 Å². The molecule has 1 unspecified atom stereocenters. The highest BCUT2D eigenvalue weighted by molar-refractivity contribution is 5.69. The molecule has 5 atom stereocenters. The monoisotopic (exact) mass is 420 g/mol. The summed E-state index contributed by atoms with van der Waals surface area (Å²) in [5.41, 5.74) is 0.531. The third-order valence-electron chi connectivity index (χ3n) is 4.90. The van der Waals surface area contributed by atoms with Crippen LogP contribution in [0.5, 0.6) is 28.7 Å².